The molecule has 0 spiro atoms. The van der Waals surface area contributed by atoms with E-state index in [-0.39, 0.29) is 39.7 Å². The molecule has 0 N–H and O–H groups in total. The van der Waals surface area contributed by atoms with Crippen LogP contribution in [0.2, 0.25) is 18.1 Å². The number of ether oxygens (including phenoxy) is 1. The molecule has 0 saturated heterocycles. The number of benzene rings is 1. The highest BCUT2D eigenvalue weighted by Gasteiger charge is 2.37. The van der Waals surface area contributed by atoms with E-state index < -0.39 is 14.3 Å². The molecule has 2 rings (SSSR count). The van der Waals surface area contributed by atoms with Gasteiger partial charge >= 0.3 is 5.97 Å². The predicted molar refractivity (Wildman–Crippen MR) is 129 cm³/mol. The summed E-state index contributed by atoms with van der Waals surface area (Å²) in [6, 6.07) is 6.82. The van der Waals surface area contributed by atoms with Gasteiger partial charge in [0.25, 0.3) is 0 Å². The fourth-order valence-corrected chi connectivity index (χ4v) is 4.01. The summed E-state index contributed by atoms with van der Waals surface area (Å²) >= 11 is 0. The number of fused-ring (bicyclic) bond motifs is 1. The zero-order valence-electron chi connectivity index (χ0n) is 20.1. The van der Waals surface area contributed by atoms with Crippen molar-refractivity contribution in [1.29, 1.82) is 0 Å². The maximum Gasteiger partial charge on any atom is 0.341 e. The summed E-state index contributed by atoms with van der Waals surface area (Å²) in [7, 11) is -0.654. The van der Waals surface area contributed by atoms with Gasteiger partial charge in [0, 0.05) is 13.0 Å². The molecule has 0 aliphatic rings. The molecule has 32 heavy (non-hydrogen) atoms. The van der Waals surface area contributed by atoms with Crippen LogP contribution in [0.5, 0.6) is 0 Å². The van der Waals surface area contributed by atoms with Gasteiger partial charge in [0.1, 0.15) is 17.4 Å². The summed E-state index contributed by atoms with van der Waals surface area (Å²) < 4.78 is 16.5. The number of hydrogen-bond acceptors (Lipinski definition) is 6. The van der Waals surface area contributed by atoms with Crippen LogP contribution in [0.15, 0.2) is 45.3 Å². The lowest BCUT2D eigenvalue weighted by atomic mass is 9.99. The smallest absolute Gasteiger partial charge is 0.341 e. The first-order chi connectivity index (χ1) is 14.9. The second-order valence-corrected chi connectivity index (χ2v) is 14.5. The number of carbonyl (C=O) groups is 2. The van der Waals surface area contributed by atoms with E-state index in [4.69, 9.17) is 13.6 Å². The van der Waals surface area contributed by atoms with Crippen molar-refractivity contribution in [3.05, 3.63) is 51.9 Å². The molecule has 1 atom stereocenters. The first kappa shape index (κ1) is 25.7. The van der Waals surface area contributed by atoms with Gasteiger partial charge in [0.2, 0.25) is 0 Å². The fourth-order valence-electron chi connectivity index (χ4n) is 2.87. The summed E-state index contributed by atoms with van der Waals surface area (Å²) in [5.74, 6) is -0.992. The van der Waals surface area contributed by atoms with Gasteiger partial charge in [-0.3, -0.25) is 9.59 Å². The fraction of sp³-hybridized carbons (Fsp3) is 0.480. The Bertz CT molecular complexity index is 1060. The number of esters is 1. The van der Waals surface area contributed by atoms with Gasteiger partial charge in [0.15, 0.2) is 19.5 Å². The number of carbonyl (C=O) groups excluding carboxylic acids is 2. The molecule has 1 aromatic heterocycles. The third-order valence-corrected chi connectivity index (χ3v) is 10.6. The van der Waals surface area contributed by atoms with E-state index in [1.54, 1.807) is 24.3 Å². The molecule has 6 nitrogen and oxygen atoms in total. The van der Waals surface area contributed by atoms with Crippen molar-refractivity contribution in [3.8, 4) is 0 Å². The third-order valence-electron chi connectivity index (χ3n) is 6.11. The van der Waals surface area contributed by atoms with Gasteiger partial charge < -0.3 is 13.6 Å². The molecule has 174 valence electrons. The van der Waals surface area contributed by atoms with Crippen molar-refractivity contribution in [2.45, 2.75) is 58.7 Å². The number of para-hydroxylation sites is 1. The van der Waals surface area contributed by atoms with E-state index >= 15 is 0 Å². The van der Waals surface area contributed by atoms with Crippen LogP contribution in [0.3, 0.4) is 0 Å². The number of hydrogen-bond donors (Lipinski definition) is 0. The maximum absolute atomic E-state index is 12.9. The van der Waals surface area contributed by atoms with E-state index in [0.29, 0.717) is 24.0 Å². The van der Waals surface area contributed by atoms with Crippen LogP contribution < -0.4 is 5.43 Å². The van der Waals surface area contributed by atoms with Crippen LogP contribution in [0.4, 0.5) is 0 Å². The van der Waals surface area contributed by atoms with Crippen molar-refractivity contribution in [1.82, 2.24) is 0 Å². The second kappa shape index (κ2) is 10.4. The van der Waals surface area contributed by atoms with Crippen LogP contribution in [-0.2, 0) is 18.8 Å². The number of rotatable bonds is 9. The number of ketones is 1. The maximum atomic E-state index is 12.9. The van der Waals surface area contributed by atoms with Crippen LogP contribution in [0.25, 0.3) is 17.0 Å². The molecule has 2 aromatic rings. The zero-order chi connectivity index (χ0) is 24.1. The molecule has 0 aliphatic carbocycles. The van der Waals surface area contributed by atoms with Crippen LogP contribution >= 0.6 is 0 Å². The predicted octanol–water partition coefficient (Wildman–Crippen LogP) is 5.36. The van der Waals surface area contributed by atoms with E-state index in [9.17, 15) is 14.4 Å². The summed E-state index contributed by atoms with van der Waals surface area (Å²) in [5.41, 5.74) is 0.104. The third kappa shape index (κ3) is 6.26. The van der Waals surface area contributed by atoms with E-state index in [1.165, 1.54) is 19.4 Å². The quantitative estimate of drug-likeness (QED) is 0.165. The Morgan fingerprint density at radius 1 is 1.19 bits per heavy atom. The molecular weight excluding hydrogens is 424 g/mol. The lowest BCUT2D eigenvalue weighted by Crippen LogP contribution is -2.41. The molecule has 7 heteroatoms. The van der Waals surface area contributed by atoms with Crippen molar-refractivity contribution in [3.63, 3.8) is 0 Å². The summed E-state index contributed by atoms with van der Waals surface area (Å²) in [4.78, 5) is 37.9. The molecule has 1 heterocycles. The van der Waals surface area contributed by atoms with Gasteiger partial charge in [0.05, 0.1) is 18.1 Å². The van der Waals surface area contributed by atoms with Crippen molar-refractivity contribution < 1.29 is 23.2 Å². The van der Waals surface area contributed by atoms with Crippen molar-refractivity contribution in [2.24, 2.45) is 5.92 Å². The summed E-state index contributed by atoms with van der Waals surface area (Å²) in [6.07, 6.45) is 3.25. The normalized spacial score (nSPS) is 13.8. The number of methoxy groups -OCH3 is 1. The Morgan fingerprint density at radius 3 is 2.47 bits per heavy atom. The molecule has 0 amide bonds. The zero-order valence-corrected chi connectivity index (χ0v) is 21.1. The average molecular weight is 459 g/mol. The van der Waals surface area contributed by atoms with Gasteiger partial charge in [-0.2, -0.15) is 0 Å². The van der Waals surface area contributed by atoms with E-state index in [2.05, 4.69) is 33.9 Å². The Kier molecular flexibility index (Phi) is 8.37. The Hall–Kier alpha value is -2.51. The van der Waals surface area contributed by atoms with Gasteiger partial charge in [-0.1, -0.05) is 39.8 Å². The molecule has 0 saturated carbocycles. The minimum atomic E-state index is -1.86. The van der Waals surface area contributed by atoms with Crippen molar-refractivity contribution in [2.75, 3.05) is 13.7 Å². The molecule has 0 aliphatic heterocycles. The first-order valence-corrected chi connectivity index (χ1v) is 13.8. The summed E-state index contributed by atoms with van der Waals surface area (Å²) in [6.45, 7) is 13.5. The van der Waals surface area contributed by atoms with Gasteiger partial charge in [-0.15, -0.1) is 0 Å². The Balaban J connectivity index is 2.15. The molecular formula is C25H34O6Si. The van der Waals surface area contributed by atoms with Gasteiger partial charge in [-0.25, -0.2) is 4.79 Å². The molecule has 1 aromatic carbocycles. The Morgan fingerprint density at radius 2 is 1.84 bits per heavy atom. The minimum absolute atomic E-state index is 0.115. The molecule has 0 radical (unpaired) electrons. The second-order valence-electron chi connectivity index (χ2n) is 9.70. The molecule has 0 unspecified atom stereocenters. The number of Topliss-reactive ketones (excluding diaryl/α,β-unsaturated/α-hetero) is 1. The minimum Gasteiger partial charge on any atom is -0.465 e. The van der Waals surface area contributed by atoms with Gasteiger partial charge in [-0.05, 0) is 48.7 Å². The Labute approximate surface area is 190 Å². The standard InChI is InChI=1S/C25H34O6Si/c1-17(15-31-32(6,7)25(2,3)4)12-13-21(26)20(24(28)29-5)14-18-16-30-22-11-9-8-10-19(22)23(18)27/h8-11,14,16-17H,12-13,15H2,1-7H3/b20-14+/t17-/m0/s1. The highest BCUT2D eigenvalue weighted by Crippen LogP contribution is 2.36. The average Bonchev–Trinajstić information content (AvgIpc) is 2.74. The monoisotopic (exact) mass is 458 g/mol. The van der Waals surface area contributed by atoms with Crippen LogP contribution in [0, 0.1) is 5.92 Å². The summed E-state index contributed by atoms with van der Waals surface area (Å²) in [5, 5.41) is 0.499. The van der Waals surface area contributed by atoms with E-state index in [1.807, 2.05) is 6.92 Å². The van der Waals surface area contributed by atoms with E-state index in [0.717, 1.165) is 0 Å². The highest BCUT2D eigenvalue weighted by molar-refractivity contribution is 6.74. The topological polar surface area (TPSA) is 82.8 Å². The SMILES string of the molecule is COC(=O)/C(=C/c1coc2ccccc2c1=O)C(=O)CC[C@H](C)CO[Si](C)(C)C(C)(C)C. The van der Waals surface area contributed by atoms with Crippen LogP contribution in [0.1, 0.15) is 46.1 Å². The largest absolute Gasteiger partial charge is 0.465 e. The highest BCUT2D eigenvalue weighted by atomic mass is 28.4. The lowest BCUT2D eigenvalue weighted by Gasteiger charge is -2.37. The first-order valence-electron chi connectivity index (χ1n) is 10.8. The molecule has 0 fully saturated rings. The molecule has 0 bridgehead atoms. The lowest BCUT2D eigenvalue weighted by molar-refractivity contribution is -0.137. The van der Waals surface area contributed by atoms with Crippen LogP contribution in [-0.4, -0.2) is 33.8 Å². The van der Waals surface area contributed by atoms with Crippen molar-refractivity contribution >= 4 is 37.1 Å².